The van der Waals surface area contributed by atoms with Gasteiger partial charge >= 0.3 is 5.97 Å². The second-order valence-corrected chi connectivity index (χ2v) is 5.31. The molecule has 1 amide bonds. The first-order chi connectivity index (χ1) is 8.55. The Morgan fingerprint density at radius 1 is 1.33 bits per heavy atom. The number of carbonyl (C=O) groups excluding carboxylic acids is 1. The molecule has 18 heavy (non-hydrogen) atoms. The van der Waals surface area contributed by atoms with Crippen molar-refractivity contribution in [3.8, 4) is 0 Å². The highest BCUT2D eigenvalue weighted by molar-refractivity contribution is 5.94. The van der Waals surface area contributed by atoms with E-state index in [1.807, 2.05) is 0 Å². The van der Waals surface area contributed by atoms with Crippen molar-refractivity contribution in [3.63, 3.8) is 0 Å². The molecule has 0 bridgehead atoms. The SMILES string of the molecule is CC(C(=O)NCC1(C(=O)O)CCCC1)=C1CNC1. The summed E-state index contributed by atoms with van der Waals surface area (Å²) < 4.78 is 0. The number of nitrogens with one attached hydrogen (secondary N) is 2. The fourth-order valence-corrected chi connectivity index (χ4v) is 2.58. The Hall–Kier alpha value is -1.36. The van der Waals surface area contributed by atoms with Crippen LogP contribution in [0.25, 0.3) is 0 Å². The van der Waals surface area contributed by atoms with E-state index in [2.05, 4.69) is 10.6 Å². The van der Waals surface area contributed by atoms with Gasteiger partial charge in [-0.15, -0.1) is 0 Å². The molecule has 5 heteroatoms. The van der Waals surface area contributed by atoms with Gasteiger partial charge in [-0.05, 0) is 25.3 Å². The molecule has 2 aliphatic rings. The second-order valence-electron chi connectivity index (χ2n) is 5.31. The molecule has 0 unspecified atom stereocenters. The highest BCUT2D eigenvalue weighted by Crippen LogP contribution is 2.37. The maximum Gasteiger partial charge on any atom is 0.311 e. The third-order valence-electron chi connectivity index (χ3n) is 4.15. The summed E-state index contributed by atoms with van der Waals surface area (Å²) in [6.07, 6.45) is 3.21. The van der Waals surface area contributed by atoms with E-state index in [4.69, 9.17) is 0 Å². The van der Waals surface area contributed by atoms with Crippen molar-refractivity contribution in [1.29, 1.82) is 0 Å². The van der Waals surface area contributed by atoms with E-state index < -0.39 is 11.4 Å². The van der Waals surface area contributed by atoms with Crippen LogP contribution in [-0.4, -0.2) is 36.6 Å². The first-order valence-corrected chi connectivity index (χ1v) is 6.46. The Bertz CT molecular complexity index is 389. The molecule has 1 saturated heterocycles. The topological polar surface area (TPSA) is 78.4 Å². The number of amides is 1. The van der Waals surface area contributed by atoms with Crippen LogP contribution in [0.3, 0.4) is 0 Å². The standard InChI is InChI=1S/C13H20N2O3/c1-9(10-6-14-7-10)11(16)15-8-13(12(17)18)4-2-3-5-13/h14H,2-8H2,1H3,(H,15,16)(H,17,18). The molecular formula is C13H20N2O3. The summed E-state index contributed by atoms with van der Waals surface area (Å²) >= 11 is 0. The molecule has 0 atom stereocenters. The smallest absolute Gasteiger partial charge is 0.311 e. The monoisotopic (exact) mass is 252 g/mol. The molecule has 1 saturated carbocycles. The predicted molar refractivity (Wildman–Crippen MR) is 67.1 cm³/mol. The van der Waals surface area contributed by atoms with Gasteiger partial charge < -0.3 is 15.7 Å². The summed E-state index contributed by atoms with van der Waals surface area (Å²) in [5.41, 5.74) is 1.11. The van der Waals surface area contributed by atoms with Crippen LogP contribution in [0, 0.1) is 5.41 Å². The molecule has 0 aromatic carbocycles. The van der Waals surface area contributed by atoms with Crippen LogP contribution in [0.5, 0.6) is 0 Å². The molecule has 1 heterocycles. The molecule has 3 N–H and O–H groups in total. The number of carbonyl (C=O) groups is 2. The Kier molecular flexibility index (Phi) is 3.71. The zero-order chi connectivity index (χ0) is 13.2. The molecule has 5 nitrogen and oxygen atoms in total. The van der Waals surface area contributed by atoms with Gasteiger partial charge in [-0.2, -0.15) is 0 Å². The Morgan fingerprint density at radius 3 is 2.39 bits per heavy atom. The van der Waals surface area contributed by atoms with Gasteiger partial charge in [0.05, 0.1) is 5.41 Å². The minimum atomic E-state index is -0.782. The molecule has 0 spiro atoms. The largest absolute Gasteiger partial charge is 0.481 e. The van der Waals surface area contributed by atoms with Crippen LogP contribution in [0.4, 0.5) is 0 Å². The van der Waals surface area contributed by atoms with Crippen LogP contribution in [0.15, 0.2) is 11.1 Å². The van der Waals surface area contributed by atoms with Gasteiger partial charge in [-0.1, -0.05) is 12.8 Å². The number of hydrogen-bond acceptors (Lipinski definition) is 3. The van der Waals surface area contributed by atoms with Gasteiger partial charge in [-0.25, -0.2) is 0 Å². The zero-order valence-electron chi connectivity index (χ0n) is 10.7. The van der Waals surface area contributed by atoms with E-state index in [-0.39, 0.29) is 12.5 Å². The van der Waals surface area contributed by atoms with Gasteiger partial charge in [0, 0.05) is 25.2 Å². The van der Waals surface area contributed by atoms with Gasteiger partial charge in [0.1, 0.15) is 0 Å². The Labute approximate surface area is 107 Å². The van der Waals surface area contributed by atoms with E-state index in [0.717, 1.165) is 37.1 Å². The number of hydrogen-bond donors (Lipinski definition) is 3. The summed E-state index contributed by atoms with van der Waals surface area (Å²) in [5, 5.41) is 15.2. The summed E-state index contributed by atoms with van der Waals surface area (Å²) in [4.78, 5) is 23.2. The Balaban J connectivity index is 1.94. The summed E-state index contributed by atoms with van der Waals surface area (Å²) in [6, 6.07) is 0. The molecule has 0 aromatic rings. The van der Waals surface area contributed by atoms with Crippen LogP contribution < -0.4 is 10.6 Å². The fraction of sp³-hybridized carbons (Fsp3) is 0.692. The fourth-order valence-electron chi connectivity index (χ4n) is 2.58. The van der Waals surface area contributed by atoms with E-state index in [0.29, 0.717) is 12.8 Å². The molecule has 0 radical (unpaired) electrons. The summed E-state index contributed by atoms with van der Waals surface area (Å²) in [5.74, 6) is -0.907. The van der Waals surface area contributed by atoms with Gasteiger partial charge in [0.2, 0.25) is 5.91 Å². The number of carboxylic acids is 1. The molecular weight excluding hydrogens is 232 g/mol. The van der Waals surface area contributed by atoms with Crippen LogP contribution in [0.1, 0.15) is 32.6 Å². The highest BCUT2D eigenvalue weighted by Gasteiger charge is 2.41. The van der Waals surface area contributed by atoms with Crippen molar-refractivity contribution < 1.29 is 14.7 Å². The number of aliphatic carboxylic acids is 1. The number of carboxylic acid groups (broad SMARTS) is 1. The second kappa shape index (κ2) is 5.10. The summed E-state index contributed by atoms with van der Waals surface area (Å²) in [7, 11) is 0. The third-order valence-corrected chi connectivity index (χ3v) is 4.15. The minimum Gasteiger partial charge on any atom is -0.481 e. The molecule has 1 aliphatic heterocycles. The zero-order valence-corrected chi connectivity index (χ0v) is 10.7. The average molecular weight is 252 g/mol. The highest BCUT2D eigenvalue weighted by atomic mass is 16.4. The Morgan fingerprint density at radius 2 is 1.94 bits per heavy atom. The lowest BCUT2D eigenvalue weighted by Crippen LogP contribution is -2.43. The van der Waals surface area contributed by atoms with Gasteiger partial charge in [0.15, 0.2) is 0 Å². The lowest BCUT2D eigenvalue weighted by molar-refractivity contribution is -0.148. The lowest BCUT2D eigenvalue weighted by Gasteiger charge is -2.25. The van der Waals surface area contributed by atoms with E-state index in [9.17, 15) is 14.7 Å². The van der Waals surface area contributed by atoms with Gasteiger partial charge in [-0.3, -0.25) is 9.59 Å². The van der Waals surface area contributed by atoms with E-state index >= 15 is 0 Å². The summed E-state index contributed by atoms with van der Waals surface area (Å²) in [6.45, 7) is 3.58. The van der Waals surface area contributed by atoms with Crippen molar-refractivity contribution in [1.82, 2.24) is 10.6 Å². The van der Waals surface area contributed by atoms with Crippen molar-refractivity contribution in [2.75, 3.05) is 19.6 Å². The van der Waals surface area contributed by atoms with Gasteiger partial charge in [0.25, 0.3) is 0 Å². The minimum absolute atomic E-state index is 0.126. The van der Waals surface area contributed by atoms with Crippen LogP contribution in [0.2, 0.25) is 0 Å². The average Bonchev–Trinajstić information content (AvgIpc) is 2.73. The first kappa shape index (κ1) is 13.1. The van der Waals surface area contributed by atoms with Crippen molar-refractivity contribution in [2.24, 2.45) is 5.41 Å². The van der Waals surface area contributed by atoms with Crippen molar-refractivity contribution in [2.45, 2.75) is 32.6 Å². The molecule has 2 fully saturated rings. The maximum absolute atomic E-state index is 11.9. The molecule has 2 rings (SSSR count). The first-order valence-electron chi connectivity index (χ1n) is 6.46. The normalized spacial score (nSPS) is 21.3. The number of rotatable bonds is 4. The van der Waals surface area contributed by atoms with Crippen molar-refractivity contribution in [3.05, 3.63) is 11.1 Å². The van der Waals surface area contributed by atoms with E-state index in [1.165, 1.54) is 0 Å². The third kappa shape index (κ3) is 2.41. The quantitative estimate of drug-likeness (QED) is 0.642. The van der Waals surface area contributed by atoms with Crippen molar-refractivity contribution >= 4 is 11.9 Å². The molecule has 100 valence electrons. The maximum atomic E-state index is 11.9. The van der Waals surface area contributed by atoms with E-state index in [1.54, 1.807) is 6.92 Å². The molecule has 1 aliphatic carbocycles. The molecule has 0 aromatic heterocycles. The van der Waals surface area contributed by atoms with Crippen LogP contribution in [-0.2, 0) is 9.59 Å². The lowest BCUT2D eigenvalue weighted by atomic mass is 9.86. The predicted octanol–water partition coefficient (Wildman–Crippen LogP) is 0.667. The van der Waals surface area contributed by atoms with Crippen LogP contribution >= 0.6 is 0 Å².